The van der Waals surface area contributed by atoms with Crippen LogP contribution in [0.3, 0.4) is 0 Å². The van der Waals surface area contributed by atoms with E-state index in [0.29, 0.717) is 25.2 Å². The lowest BCUT2D eigenvalue weighted by molar-refractivity contribution is -0.144. The van der Waals surface area contributed by atoms with Crippen LogP contribution in [0.1, 0.15) is 16.9 Å². The number of fused-ring (bicyclic) bond motifs is 1. The molecule has 1 aliphatic rings. The Morgan fingerprint density at radius 2 is 2.25 bits per heavy atom. The number of hydrogen-bond donors (Lipinski definition) is 0. The standard InChI is InChI=1S/C14H15N3O3/c1-20-14(19)10-5-7-17(8-10)13(18)11-9-16-6-3-2-4-12(16)15-11/h2-4,6,9-10H,5,7-8H2,1H3. The van der Waals surface area contributed by atoms with Crippen LogP contribution in [0, 0.1) is 5.92 Å². The fourth-order valence-electron chi connectivity index (χ4n) is 2.50. The van der Waals surface area contributed by atoms with Crippen molar-refractivity contribution < 1.29 is 14.3 Å². The number of likely N-dealkylation sites (tertiary alicyclic amines) is 1. The molecule has 0 radical (unpaired) electrons. The van der Waals surface area contributed by atoms with Gasteiger partial charge in [0.1, 0.15) is 11.3 Å². The largest absolute Gasteiger partial charge is 0.469 e. The van der Waals surface area contributed by atoms with E-state index in [1.807, 2.05) is 24.4 Å². The molecule has 1 fully saturated rings. The number of rotatable bonds is 2. The molecule has 0 bridgehead atoms. The van der Waals surface area contributed by atoms with E-state index in [4.69, 9.17) is 4.74 Å². The third kappa shape index (κ3) is 2.13. The summed E-state index contributed by atoms with van der Waals surface area (Å²) < 4.78 is 6.53. The molecule has 1 unspecified atom stereocenters. The van der Waals surface area contributed by atoms with Crippen LogP contribution in [-0.2, 0) is 9.53 Å². The Bertz CT molecular complexity index is 631. The zero-order chi connectivity index (χ0) is 14.1. The minimum atomic E-state index is -0.254. The molecule has 0 spiro atoms. The molecule has 3 rings (SSSR count). The van der Waals surface area contributed by atoms with Crippen molar-refractivity contribution in [3.63, 3.8) is 0 Å². The van der Waals surface area contributed by atoms with Gasteiger partial charge in [0, 0.05) is 25.5 Å². The number of amides is 1. The zero-order valence-electron chi connectivity index (χ0n) is 11.2. The lowest BCUT2D eigenvalue weighted by atomic mass is 10.1. The van der Waals surface area contributed by atoms with Crippen LogP contribution in [0.2, 0.25) is 0 Å². The van der Waals surface area contributed by atoms with Crippen molar-refractivity contribution in [3.05, 3.63) is 36.3 Å². The number of imidazole rings is 1. The molecule has 20 heavy (non-hydrogen) atoms. The molecule has 6 nitrogen and oxygen atoms in total. The van der Waals surface area contributed by atoms with Gasteiger partial charge in [-0.05, 0) is 18.6 Å². The third-order valence-electron chi connectivity index (χ3n) is 3.59. The highest BCUT2D eigenvalue weighted by atomic mass is 16.5. The van der Waals surface area contributed by atoms with Crippen molar-refractivity contribution >= 4 is 17.5 Å². The maximum atomic E-state index is 12.4. The average Bonchev–Trinajstić information content (AvgIpc) is 3.12. The van der Waals surface area contributed by atoms with E-state index in [1.165, 1.54) is 7.11 Å². The SMILES string of the molecule is COC(=O)C1CCN(C(=O)c2cn3ccccc3n2)C1. The summed E-state index contributed by atoms with van der Waals surface area (Å²) in [4.78, 5) is 29.8. The summed E-state index contributed by atoms with van der Waals surface area (Å²) in [6.45, 7) is 0.964. The molecule has 0 saturated carbocycles. The highest BCUT2D eigenvalue weighted by Gasteiger charge is 2.32. The van der Waals surface area contributed by atoms with Gasteiger partial charge >= 0.3 is 5.97 Å². The van der Waals surface area contributed by atoms with Gasteiger partial charge in [-0.15, -0.1) is 0 Å². The molecule has 0 aromatic carbocycles. The topological polar surface area (TPSA) is 63.9 Å². The van der Waals surface area contributed by atoms with E-state index in [-0.39, 0.29) is 17.8 Å². The maximum Gasteiger partial charge on any atom is 0.310 e. The molecular formula is C14H15N3O3. The summed E-state index contributed by atoms with van der Waals surface area (Å²) >= 11 is 0. The van der Waals surface area contributed by atoms with Crippen molar-refractivity contribution in [1.82, 2.24) is 14.3 Å². The molecule has 1 saturated heterocycles. The van der Waals surface area contributed by atoms with Gasteiger partial charge in [-0.1, -0.05) is 6.07 Å². The van der Waals surface area contributed by atoms with Crippen molar-refractivity contribution in [1.29, 1.82) is 0 Å². The van der Waals surface area contributed by atoms with Crippen LogP contribution < -0.4 is 0 Å². The first-order valence-corrected chi connectivity index (χ1v) is 6.50. The van der Waals surface area contributed by atoms with E-state index in [0.717, 1.165) is 5.65 Å². The number of ether oxygens (including phenoxy) is 1. The molecule has 0 N–H and O–H groups in total. The average molecular weight is 273 g/mol. The van der Waals surface area contributed by atoms with Gasteiger partial charge in [0.15, 0.2) is 0 Å². The van der Waals surface area contributed by atoms with Gasteiger partial charge in [-0.2, -0.15) is 0 Å². The molecule has 6 heteroatoms. The van der Waals surface area contributed by atoms with E-state index >= 15 is 0 Å². The van der Waals surface area contributed by atoms with Crippen molar-refractivity contribution in [2.24, 2.45) is 5.92 Å². The lowest BCUT2D eigenvalue weighted by Gasteiger charge is -2.14. The van der Waals surface area contributed by atoms with E-state index < -0.39 is 0 Å². The minimum Gasteiger partial charge on any atom is -0.469 e. The Kier molecular flexibility index (Phi) is 3.14. The second-order valence-corrected chi connectivity index (χ2v) is 4.85. The van der Waals surface area contributed by atoms with E-state index in [1.54, 1.807) is 15.5 Å². The molecule has 3 heterocycles. The Hall–Kier alpha value is -2.37. The Morgan fingerprint density at radius 1 is 1.40 bits per heavy atom. The van der Waals surface area contributed by atoms with Crippen LogP contribution in [0.15, 0.2) is 30.6 Å². The van der Waals surface area contributed by atoms with Crippen LogP contribution in [-0.4, -0.2) is 46.4 Å². The van der Waals surface area contributed by atoms with Crippen LogP contribution in [0.5, 0.6) is 0 Å². The van der Waals surface area contributed by atoms with Gasteiger partial charge < -0.3 is 14.0 Å². The van der Waals surface area contributed by atoms with Gasteiger partial charge in [-0.3, -0.25) is 9.59 Å². The molecule has 2 aromatic rings. The summed E-state index contributed by atoms with van der Waals surface area (Å²) in [6, 6.07) is 5.60. The number of pyridine rings is 1. The number of carbonyl (C=O) groups is 2. The van der Waals surface area contributed by atoms with Crippen molar-refractivity contribution in [2.45, 2.75) is 6.42 Å². The predicted molar refractivity (Wildman–Crippen MR) is 71.2 cm³/mol. The van der Waals surface area contributed by atoms with Gasteiger partial charge in [0.2, 0.25) is 0 Å². The number of nitrogens with zero attached hydrogens (tertiary/aromatic N) is 3. The molecule has 1 amide bonds. The summed E-state index contributed by atoms with van der Waals surface area (Å²) in [5.41, 5.74) is 1.14. The molecule has 1 aliphatic heterocycles. The Balaban J connectivity index is 1.78. The fourth-order valence-corrected chi connectivity index (χ4v) is 2.50. The zero-order valence-corrected chi connectivity index (χ0v) is 11.2. The maximum absolute atomic E-state index is 12.4. The number of methoxy groups -OCH3 is 1. The van der Waals surface area contributed by atoms with Crippen molar-refractivity contribution in [2.75, 3.05) is 20.2 Å². The molecule has 1 atom stereocenters. The number of aromatic nitrogens is 2. The second-order valence-electron chi connectivity index (χ2n) is 4.85. The summed E-state index contributed by atoms with van der Waals surface area (Å²) in [5, 5.41) is 0. The monoisotopic (exact) mass is 273 g/mol. The molecule has 2 aromatic heterocycles. The Morgan fingerprint density at radius 3 is 3.00 bits per heavy atom. The highest BCUT2D eigenvalue weighted by Crippen LogP contribution is 2.19. The van der Waals surface area contributed by atoms with Crippen LogP contribution in [0.25, 0.3) is 5.65 Å². The Labute approximate surface area is 116 Å². The molecular weight excluding hydrogens is 258 g/mol. The predicted octanol–water partition coefficient (Wildman–Crippen LogP) is 0.969. The second kappa shape index (κ2) is 4.96. The molecule has 0 aliphatic carbocycles. The third-order valence-corrected chi connectivity index (χ3v) is 3.59. The van der Waals surface area contributed by atoms with Crippen LogP contribution >= 0.6 is 0 Å². The van der Waals surface area contributed by atoms with E-state index in [9.17, 15) is 9.59 Å². The normalized spacial score (nSPS) is 18.4. The smallest absolute Gasteiger partial charge is 0.310 e. The van der Waals surface area contributed by atoms with Crippen LogP contribution in [0.4, 0.5) is 0 Å². The summed E-state index contributed by atoms with van der Waals surface area (Å²) in [6.07, 6.45) is 4.20. The van der Waals surface area contributed by atoms with E-state index in [2.05, 4.69) is 4.98 Å². The molecule has 104 valence electrons. The van der Waals surface area contributed by atoms with Gasteiger partial charge in [0.25, 0.3) is 5.91 Å². The summed E-state index contributed by atoms with van der Waals surface area (Å²) in [7, 11) is 1.37. The number of hydrogen-bond acceptors (Lipinski definition) is 4. The summed E-state index contributed by atoms with van der Waals surface area (Å²) in [5.74, 6) is -0.614. The number of esters is 1. The van der Waals surface area contributed by atoms with Gasteiger partial charge in [0.05, 0.1) is 13.0 Å². The van der Waals surface area contributed by atoms with Crippen molar-refractivity contribution in [3.8, 4) is 0 Å². The number of carbonyl (C=O) groups excluding carboxylic acids is 2. The minimum absolute atomic E-state index is 0.139. The first-order valence-electron chi connectivity index (χ1n) is 6.50. The fraction of sp³-hybridized carbons (Fsp3) is 0.357. The first-order chi connectivity index (χ1) is 9.69. The lowest BCUT2D eigenvalue weighted by Crippen LogP contribution is -2.30. The van der Waals surface area contributed by atoms with Gasteiger partial charge in [-0.25, -0.2) is 4.98 Å². The quantitative estimate of drug-likeness (QED) is 0.765. The first kappa shape index (κ1) is 12.7. The highest BCUT2D eigenvalue weighted by molar-refractivity contribution is 5.93.